The monoisotopic (exact) mass is 712 g/mol. The van der Waals surface area contributed by atoms with E-state index in [1.165, 1.54) is 0 Å². The molecule has 1 fully saturated rings. The Morgan fingerprint density at radius 1 is 0.660 bits per heavy atom. The van der Waals surface area contributed by atoms with E-state index in [0.717, 1.165) is 16.1 Å². The molecule has 264 valence electrons. The van der Waals surface area contributed by atoms with Crippen LogP contribution in [0.4, 0.5) is 0 Å². The second kappa shape index (κ2) is 18.4. The number of rotatable bonds is 5. The standard InChI is InChI=1S/C31H32N6O12S/c38-24-15-47-29(43)12-34-26(40)17-49-31(45)22(35-27(41)18-48-30(44)13-33-25(39)16-46-28(42)11-32-24)10-19-3-5-20(6-4-19)14-37-8-7-21(36-37)23-2-1-9-50-23/h1-9,22H,10-18H2,(H,32,38)(H,33,39)(H,34,40)(H,35,41). The first-order valence-electron chi connectivity index (χ1n) is 14.9. The van der Waals surface area contributed by atoms with Crippen LogP contribution < -0.4 is 21.3 Å². The van der Waals surface area contributed by atoms with Gasteiger partial charge in [-0.05, 0) is 28.6 Å². The van der Waals surface area contributed by atoms with Gasteiger partial charge in [0.05, 0.1) is 11.4 Å². The molecule has 0 bridgehead atoms. The van der Waals surface area contributed by atoms with Crippen LogP contribution >= 0.6 is 11.3 Å². The van der Waals surface area contributed by atoms with Gasteiger partial charge in [-0.2, -0.15) is 5.10 Å². The molecule has 3 heterocycles. The topological polar surface area (TPSA) is 239 Å². The molecule has 4 N–H and O–H groups in total. The average Bonchev–Trinajstić information content (AvgIpc) is 3.81. The molecule has 50 heavy (non-hydrogen) atoms. The van der Waals surface area contributed by atoms with Crippen molar-refractivity contribution < 1.29 is 57.3 Å². The van der Waals surface area contributed by atoms with E-state index in [1.54, 1.807) is 28.2 Å². The molecule has 0 saturated carbocycles. The Labute approximate surface area is 287 Å². The Kier molecular flexibility index (Phi) is 13.5. The summed E-state index contributed by atoms with van der Waals surface area (Å²) < 4.78 is 21.0. The zero-order chi connectivity index (χ0) is 35.9. The average molecular weight is 713 g/mol. The lowest BCUT2D eigenvalue weighted by atomic mass is 10.0. The van der Waals surface area contributed by atoms with Crippen molar-refractivity contribution in [3.63, 3.8) is 0 Å². The van der Waals surface area contributed by atoms with Gasteiger partial charge < -0.3 is 40.2 Å². The Balaban J connectivity index is 1.38. The zero-order valence-electron chi connectivity index (χ0n) is 26.3. The second-order valence-corrected chi connectivity index (χ2v) is 11.4. The van der Waals surface area contributed by atoms with E-state index in [1.807, 2.05) is 41.9 Å². The van der Waals surface area contributed by atoms with E-state index in [0.29, 0.717) is 12.1 Å². The van der Waals surface area contributed by atoms with E-state index in [-0.39, 0.29) is 6.42 Å². The van der Waals surface area contributed by atoms with Crippen molar-refractivity contribution in [1.82, 2.24) is 31.0 Å². The normalized spacial score (nSPS) is 18.2. The van der Waals surface area contributed by atoms with Gasteiger partial charge in [0.1, 0.15) is 31.4 Å². The lowest BCUT2D eigenvalue weighted by Gasteiger charge is -2.18. The fourth-order valence-corrected chi connectivity index (χ4v) is 4.82. The highest BCUT2D eigenvalue weighted by atomic mass is 32.1. The summed E-state index contributed by atoms with van der Waals surface area (Å²) in [5.74, 6) is -7.55. The maximum atomic E-state index is 13.0. The zero-order valence-corrected chi connectivity index (χ0v) is 27.2. The highest BCUT2D eigenvalue weighted by molar-refractivity contribution is 7.13. The number of carbonyl (C=O) groups is 8. The maximum absolute atomic E-state index is 13.0. The minimum absolute atomic E-state index is 0.0755. The quantitative estimate of drug-likeness (QED) is 0.169. The summed E-state index contributed by atoms with van der Waals surface area (Å²) >= 11 is 1.58. The molecule has 18 nitrogen and oxygen atoms in total. The van der Waals surface area contributed by atoms with Crippen molar-refractivity contribution in [2.45, 2.75) is 19.0 Å². The fraction of sp³-hybridized carbons (Fsp3) is 0.323. The Hall–Kier alpha value is -6.11. The second-order valence-electron chi connectivity index (χ2n) is 10.4. The predicted molar refractivity (Wildman–Crippen MR) is 170 cm³/mol. The number of ether oxygens (including phenoxy) is 4. The molecular weight excluding hydrogens is 680 g/mol. The molecule has 19 heteroatoms. The molecule has 4 amide bonds. The lowest BCUT2D eigenvalue weighted by molar-refractivity contribution is -0.154. The summed E-state index contributed by atoms with van der Waals surface area (Å²) in [6.07, 6.45) is 1.79. The number of hydrogen-bond acceptors (Lipinski definition) is 14. The smallest absolute Gasteiger partial charge is 0.329 e. The molecule has 1 atom stereocenters. The third kappa shape index (κ3) is 12.5. The number of benzene rings is 1. The molecule has 4 rings (SSSR count). The molecule has 2 aromatic heterocycles. The first-order valence-corrected chi connectivity index (χ1v) is 15.8. The van der Waals surface area contributed by atoms with Gasteiger partial charge in [-0.1, -0.05) is 30.3 Å². The van der Waals surface area contributed by atoms with Gasteiger partial charge in [-0.15, -0.1) is 11.3 Å². The van der Waals surface area contributed by atoms with Crippen molar-refractivity contribution >= 4 is 58.8 Å². The largest absolute Gasteiger partial charge is 0.454 e. The van der Waals surface area contributed by atoms with Crippen LogP contribution in [0.25, 0.3) is 10.6 Å². The molecule has 0 spiro atoms. The van der Waals surface area contributed by atoms with Gasteiger partial charge in [0.15, 0.2) is 26.4 Å². The Morgan fingerprint density at radius 3 is 1.72 bits per heavy atom. The van der Waals surface area contributed by atoms with Crippen LogP contribution in [0.3, 0.4) is 0 Å². The molecule has 3 aromatic rings. The number of aromatic nitrogens is 2. The summed E-state index contributed by atoms with van der Waals surface area (Å²) in [6.45, 7) is -4.76. The van der Waals surface area contributed by atoms with Crippen molar-refractivity contribution in [3.05, 3.63) is 65.2 Å². The van der Waals surface area contributed by atoms with Gasteiger partial charge in [0.2, 0.25) is 0 Å². The van der Waals surface area contributed by atoms with Crippen molar-refractivity contribution in [3.8, 4) is 10.6 Å². The first-order chi connectivity index (χ1) is 24.0. The van der Waals surface area contributed by atoms with Gasteiger partial charge in [0, 0.05) is 12.6 Å². The minimum atomic E-state index is -1.33. The predicted octanol–water partition coefficient (Wildman–Crippen LogP) is -1.78. The van der Waals surface area contributed by atoms with Gasteiger partial charge in [0.25, 0.3) is 23.6 Å². The summed E-state index contributed by atoms with van der Waals surface area (Å²) in [5, 5.41) is 15.3. The van der Waals surface area contributed by atoms with Crippen LogP contribution in [0.2, 0.25) is 0 Å². The molecular formula is C31H32N6O12S. The Morgan fingerprint density at radius 2 is 1.18 bits per heavy atom. The number of cyclic esters (lactones) is 4. The minimum Gasteiger partial charge on any atom is -0.454 e. The number of hydrogen-bond donors (Lipinski definition) is 4. The molecule has 1 aromatic carbocycles. The number of carbonyl (C=O) groups excluding carboxylic acids is 8. The van der Waals surface area contributed by atoms with Crippen LogP contribution in [0.1, 0.15) is 11.1 Å². The molecule has 0 radical (unpaired) electrons. The van der Waals surface area contributed by atoms with Crippen LogP contribution in [0.15, 0.2) is 54.0 Å². The number of nitrogens with zero attached hydrogens (tertiary/aromatic N) is 2. The first kappa shape index (κ1) is 36.7. The van der Waals surface area contributed by atoms with Gasteiger partial charge >= 0.3 is 23.9 Å². The van der Waals surface area contributed by atoms with Crippen LogP contribution in [0, 0.1) is 0 Å². The number of thiophene rings is 1. The number of nitrogens with one attached hydrogen (secondary N) is 4. The molecule has 1 saturated heterocycles. The van der Waals surface area contributed by atoms with E-state index >= 15 is 0 Å². The molecule has 1 aliphatic heterocycles. The van der Waals surface area contributed by atoms with Crippen molar-refractivity contribution in [2.75, 3.05) is 46.1 Å². The maximum Gasteiger partial charge on any atom is 0.329 e. The number of esters is 4. The Bertz CT molecular complexity index is 1710. The summed E-state index contributed by atoms with van der Waals surface area (Å²) in [4.78, 5) is 98.2. The van der Waals surface area contributed by atoms with E-state index in [9.17, 15) is 38.4 Å². The van der Waals surface area contributed by atoms with Crippen molar-refractivity contribution in [1.29, 1.82) is 0 Å². The highest BCUT2D eigenvalue weighted by Gasteiger charge is 2.25. The summed E-state index contributed by atoms with van der Waals surface area (Å²) in [7, 11) is 0. The van der Waals surface area contributed by atoms with Crippen LogP contribution in [0.5, 0.6) is 0 Å². The van der Waals surface area contributed by atoms with E-state index < -0.39 is 99.6 Å². The van der Waals surface area contributed by atoms with Crippen molar-refractivity contribution in [2.24, 2.45) is 0 Å². The SMILES string of the molecule is O=C1COC(=O)CNC(=O)COC(=O)C(Cc2ccc(Cn3ccc(-c4cccs4)n3)cc2)NC(=O)COC(=O)CNC(=O)COC(=O)CN1. The number of amides is 4. The third-order valence-corrected chi connectivity index (χ3v) is 7.46. The fourth-order valence-electron chi connectivity index (χ4n) is 4.13. The molecule has 0 aliphatic carbocycles. The molecule has 1 aliphatic rings. The van der Waals surface area contributed by atoms with Crippen LogP contribution in [-0.4, -0.2) is 109 Å². The van der Waals surface area contributed by atoms with Crippen LogP contribution in [-0.2, 0) is 70.3 Å². The van der Waals surface area contributed by atoms with Gasteiger partial charge in [-0.25, -0.2) is 4.79 Å². The molecule has 1 unspecified atom stereocenters. The summed E-state index contributed by atoms with van der Waals surface area (Å²) in [6, 6.07) is 11.6. The highest BCUT2D eigenvalue weighted by Crippen LogP contribution is 2.22. The van der Waals surface area contributed by atoms with E-state index in [4.69, 9.17) is 14.2 Å². The summed E-state index contributed by atoms with van der Waals surface area (Å²) in [5.41, 5.74) is 2.37. The third-order valence-electron chi connectivity index (χ3n) is 6.57. The lowest BCUT2D eigenvalue weighted by Crippen LogP contribution is -2.46. The van der Waals surface area contributed by atoms with E-state index in [2.05, 4.69) is 31.1 Å². The van der Waals surface area contributed by atoms with Gasteiger partial charge in [-0.3, -0.25) is 38.2 Å².